The highest BCUT2D eigenvalue weighted by molar-refractivity contribution is 5.88. The third-order valence-corrected chi connectivity index (χ3v) is 1.92. The van der Waals surface area contributed by atoms with Crippen LogP contribution in [0, 0.1) is 0 Å². The highest BCUT2D eigenvalue weighted by Crippen LogP contribution is 2.21. The number of rotatable bonds is 3. The number of nitrogens with zero attached hydrogens (tertiary/aromatic N) is 1. The smallest absolute Gasteiger partial charge is 0.104 e. The summed E-state index contributed by atoms with van der Waals surface area (Å²) in [7, 11) is 0. The predicted molar refractivity (Wildman–Crippen MR) is 53.0 cm³/mol. The van der Waals surface area contributed by atoms with E-state index in [1.54, 1.807) is 0 Å². The van der Waals surface area contributed by atoms with Crippen LogP contribution < -0.4 is 5.73 Å². The van der Waals surface area contributed by atoms with Gasteiger partial charge in [0.25, 0.3) is 0 Å². The zero-order valence-corrected chi connectivity index (χ0v) is 7.64. The number of aliphatic imine (C=N–C) groups is 1. The van der Waals surface area contributed by atoms with Gasteiger partial charge in [0.1, 0.15) is 5.84 Å². The van der Waals surface area contributed by atoms with Gasteiger partial charge < -0.3 is 5.73 Å². The van der Waals surface area contributed by atoms with Crippen LogP contribution in [-0.2, 0) is 0 Å². The second-order valence-electron chi connectivity index (χ2n) is 3.12. The minimum Gasteiger partial charge on any atom is -0.387 e. The van der Waals surface area contributed by atoms with Gasteiger partial charge in [-0.15, -0.1) is 0 Å². The third kappa shape index (κ3) is 2.22. The SMILES string of the molecule is C=C1CC(N)=N/C1=C/CCCC. The summed E-state index contributed by atoms with van der Waals surface area (Å²) < 4.78 is 0. The van der Waals surface area contributed by atoms with Crippen molar-refractivity contribution in [2.75, 3.05) is 0 Å². The lowest BCUT2D eigenvalue weighted by molar-refractivity contribution is 0.811. The number of unbranched alkanes of at least 4 members (excludes halogenated alkanes) is 2. The molecule has 0 bridgehead atoms. The van der Waals surface area contributed by atoms with Crippen molar-refractivity contribution < 1.29 is 0 Å². The van der Waals surface area contributed by atoms with Gasteiger partial charge in [-0.1, -0.05) is 26.0 Å². The quantitative estimate of drug-likeness (QED) is 0.639. The Labute approximate surface area is 73.9 Å². The first kappa shape index (κ1) is 9.04. The Morgan fingerprint density at radius 2 is 2.42 bits per heavy atom. The molecule has 1 rings (SSSR count). The molecule has 0 aromatic heterocycles. The van der Waals surface area contributed by atoms with Gasteiger partial charge in [-0.2, -0.15) is 0 Å². The maximum atomic E-state index is 5.57. The zero-order chi connectivity index (χ0) is 8.97. The maximum absolute atomic E-state index is 5.57. The summed E-state index contributed by atoms with van der Waals surface area (Å²) in [5.41, 5.74) is 7.63. The zero-order valence-electron chi connectivity index (χ0n) is 7.64. The predicted octanol–water partition coefficient (Wildman–Crippen LogP) is 2.38. The van der Waals surface area contributed by atoms with E-state index < -0.39 is 0 Å². The molecule has 0 atom stereocenters. The van der Waals surface area contributed by atoms with Crippen molar-refractivity contribution in [3.63, 3.8) is 0 Å². The number of hydrogen-bond acceptors (Lipinski definition) is 2. The van der Waals surface area contributed by atoms with Gasteiger partial charge in [-0.05, 0) is 18.4 Å². The molecular formula is C10H16N2. The fourth-order valence-corrected chi connectivity index (χ4v) is 1.22. The van der Waals surface area contributed by atoms with Crippen LogP contribution in [0.5, 0.6) is 0 Å². The van der Waals surface area contributed by atoms with Gasteiger partial charge in [0.2, 0.25) is 0 Å². The lowest BCUT2D eigenvalue weighted by atomic mass is 10.1. The van der Waals surface area contributed by atoms with Crippen molar-refractivity contribution in [2.24, 2.45) is 10.7 Å². The fraction of sp³-hybridized carbons (Fsp3) is 0.500. The number of allylic oxidation sites excluding steroid dienone is 2. The van der Waals surface area contributed by atoms with Crippen molar-refractivity contribution in [1.82, 2.24) is 0 Å². The summed E-state index contributed by atoms with van der Waals surface area (Å²) >= 11 is 0. The lowest BCUT2D eigenvalue weighted by Crippen LogP contribution is -2.06. The Kier molecular flexibility index (Phi) is 3.09. The van der Waals surface area contributed by atoms with Crippen molar-refractivity contribution in [2.45, 2.75) is 32.6 Å². The number of amidine groups is 1. The summed E-state index contributed by atoms with van der Waals surface area (Å²) in [4.78, 5) is 4.20. The van der Waals surface area contributed by atoms with Crippen LogP contribution in [0.15, 0.2) is 28.9 Å². The van der Waals surface area contributed by atoms with E-state index in [4.69, 9.17) is 5.73 Å². The van der Waals surface area contributed by atoms with Crippen LogP contribution in [-0.4, -0.2) is 5.84 Å². The van der Waals surface area contributed by atoms with Gasteiger partial charge in [0, 0.05) is 6.42 Å². The van der Waals surface area contributed by atoms with Gasteiger partial charge in [-0.25, -0.2) is 4.99 Å². The summed E-state index contributed by atoms with van der Waals surface area (Å²) in [6, 6.07) is 0. The van der Waals surface area contributed by atoms with Gasteiger partial charge in [0.05, 0.1) is 5.70 Å². The molecule has 1 aliphatic rings. The molecule has 0 spiro atoms. The van der Waals surface area contributed by atoms with E-state index in [1.807, 2.05) is 0 Å². The monoisotopic (exact) mass is 164 g/mol. The topological polar surface area (TPSA) is 38.4 Å². The molecule has 0 aromatic rings. The molecule has 0 fully saturated rings. The van der Waals surface area contributed by atoms with Crippen LogP contribution >= 0.6 is 0 Å². The summed E-state index contributed by atoms with van der Waals surface area (Å²) in [6.45, 7) is 6.08. The first-order valence-electron chi connectivity index (χ1n) is 4.45. The molecule has 2 nitrogen and oxygen atoms in total. The highest BCUT2D eigenvalue weighted by Gasteiger charge is 2.11. The second-order valence-corrected chi connectivity index (χ2v) is 3.12. The normalized spacial score (nSPS) is 20.2. The van der Waals surface area contributed by atoms with Gasteiger partial charge in [-0.3, -0.25) is 0 Å². The second kappa shape index (κ2) is 4.10. The minimum atomic E-state index is 0.697. The van der Waals surface area contributed by atoms with Crippen LogP contribution in [0.3, 0.4) is 0 Å². The molecule has 2 heteroatoms. The molecule has 0 amide bonds. The Hall–Kier alpha value is -1.05. The van der Waals surface area contributed by atoms with E-state index in [2.05, 4.69) is 24.6 Å². The lowest BCUT2D eigenvalue weighted by Gasteiger charge is -1.94. The molecule has 0 radical (unpaired) electrons. The molecule has 2 N–H and O–H groups in total. The molecule has 0 saturated heterocycles. The average Bonchev–Trinajstić information content (AvgIpc) is 2.31. The van der Waals surface area contributed by atoms with Crippen LogP contribution in [0.2, 0.25) is 0 Å². The number of hydrogen-bond donors (Lipinski definition) is 1. The van der Waals surface area contributed by atoms with E-state index in [1.165, 1.54) is 12.8 Å². The van der Waals surface area contributed by atoms with E-state index in [9.17, 15) is 0 Å². The Morgan fingerprint density at radius 1 is 1.67 bits per heavy atom. The van der Waals surface area contributed by atoms with Crippen molar-refractivity contribution >= 4 is 5.84 Å². The van der Waals surface area contributed by atoms with Crippen LogP contribution in [0.1, 0.15) is 32.6 Å². The molecule has 0 unspecified atom stereocenters. The molecule has 1 aliphatic heterocycles. The summed E-state index contributed by atoms with van der Waals surface area (Å²) in [5.74, 6) is 0.697. The van der Waals surface area contributed by atoms with E-state index >= 15 is 0 Å². The van der Waals surface area contributed by atoms with Crippen LogP contribution in [0.25, 0.3) is 0 Å². The van der Waals surface area contributed by atoms with Gasteiger partial charge in [0.15, 0.2) is 0 Å². The molecule has 0 saturated carbocycles. The molecular weight excluding hydrogens is 148 g/mol. The Balaban J connectivity index is 2.51. The molecule has 0 aliphatic carbocycles. The van der Waals surface area contributed by atoms with E-state index in [0.717, 1.165) is 24.1 Å². The van der Waals surface area contributed by atoms with Crippen molar-refractivity contribution in [3.8, 4) is 0 Å². The Bertz CT molecular complexity index is 236. The standard InChI is InChI=1S/C10H16N2/c1-3-4-5-6-9-8(2)7-10(11)12-9/h6H,2-5,7H2,1H3,(H2,11,12)/b9-6+. The maximum Gasteiger partial charge on any atom is 0.104 e. The average molecular weight is 164 g/mol. The molecule has 1 heterocycles. The first-order chi connectivity index (χ1) is 5.74. The first-order valence-corrected chi connectivity index (χ1v) is 4.45. The fourth-order valence-electron chi connectivity index (χ4n) is 1.22. The van der Waals surface area contributed by atoms with Gasteiger partial charge >= 0.3 is 0 Å². The van der Waals surface area contributed by atoms with Crippen LogP contribution in [0.4, 0.5) is 0 Å². The Morgan fingerprint density at radius 3 is 2.92 bits per heavy atom. The third-order valence-electron chi connectivity index (χ3n) is 1.92. The summed E-state index contributed by atoms with van der Waals surface area (Å²) in [6.07, 6.45) is 6.40. The summed E-state index contributed by atoms with van der Waals surface area (Å²) in [5, 5.41) is 0. The largest absolute Gasteiger partial charge is 0.387 e. The highest BCUT2D eigenvalue weighted by atomic mass is 14.9. The van der Waals surface area contributed by atoms with Crippen molar-refractivity contribution in [1.29, 1.82) is 0 Å². The molecule has 0 aromatic carbocycles. The molecule has 66 valence electrons. The minimum absolute atomic E-state index is 0.697. The van der Waals surface area contributed by atoms with Crippen molar-refractivity contribution in [3.05, 3.63) is 23.9 Å². The van der Waals surface area contributed by atoms with E-state index in [0.29, 0.717) is 5.84 Å². The number of nitrogens with two attached hydrogens (primary N) is 1. The van der Waals surface area contributed by atoms with E-state index in [-0.39, 0.29) is 0 Å². The molecule has 12 heavy (non-hydrogen) atoms.